The summed E-state index contributed by atoms with van der Waals surface area (Å²) in [5.74, 6) is -0.936. The number of imidazole rings is 1. The topological polar surface area (TPSA) is 54.6 Å². The fraction of sp³-hybridized carbons (Fsp3) is 0.143. The van der Waals surface area contributed by atoms with Gasteiger partial charge in [0.25, 0.3) is 0 Å². The fourth-order valence-electron chi connectivity index (χ4n) is 2.14. The maximum absolute atomic E-state index is 11.2. The second-order valence-corrected chi connectivity index (χ2v) is 5.46. The van der Waals surface area contributed by atoms with Crippen LogP contribution in [0.1, 0.15) is 26.6 Å². The van der Waals surface area contributed by atoms with Crippen molar-refractivity contribution in [2.75, 3.05) is 0 Å². The van der Waals surface area contributed by atoms with Crippen LogP contribution in [-0.4, -0.2) is 20.5 Å². The summed E-state index contributed by atoms with van der Waals surface area (Å²) in [6.07, 6.45) is 2.67. The number of nitrogens with zero attached hydrogens (tertiary/aromatic N) is 2. The lowest BCUT2D eigenvalue weighted by Gasteiger charge is -1.97. The first-order valence-electron chi connectivity index (χ1n) is 5.90. The molecule has 0 aliphatic heterocycles. The number of aromatic nitrogens is 2. The Labute approximate surface area is 114 Å². The van der Waals surface area contributed by atoms with Crippen molar-refractivity contribution in [3.05, 3.63) is 58.4 Å². The van der Waals surface area contributed by atoms with Gasteiger partial charge in [-0.25, -0.2) is 9.78 Å². The van der Waals surface area contributed by atoms with E-state index >= 15 is 0 Å². The van der Waals surface area contributed by atoms with E-state index in [1.54, 1.807) is 11.3 Å². The minimum atomic E-state index is -0.936. The quantitative estimate of drug-likeness (QED) is 0.797. The van der Waals surface area contributed by atoms with Gasteiger partial charge in [-0.2, -0.15) is 0 Å². The molecule has 0 bridgehead atoms. The van der Waals surface area contributed by atoms with Crippen LogP contribution in [0.25, 0.3) is 4.96 Å². The molecule has 1 N–H and O–H groups in total. The first kappa shape index (κ1) is 11.9. The summed E-state index contributed by atoms with van der Waals surface area (Å²) in [5.41, 5.74) is 2.02. The molecule has 2 aromatic heterocycles. The minimum Gasteiger partial charge on any atom is -0.477 e. The predicted octanol–water partition coefficient (Wildman–Crippen LogP) is 2.99. The molecule has 0 spiro atoms. The van der Waals surface area contributed by atoms with E-state index in [1.165, 1.54) is 16.9 Å². The van der Waals surface area contributed by atoms with Gasteiger partial charge >= 0.3 is 5.97 Å². The summed E-state index contributed by atoms with van der Waals surface area (Å²) in [6, 6.07) is 10.1. The second-order valence-electron chi connectivity index (χ2n) is 4.36. The zero-order chi connectivity index (χ0) is 13.4. The third kappa shape index (κ3) is 2.13. The molecule has 1 aromatic carbocycles. The van der Waals surface area contributed by atoms with Gasteiger partial charge in [-0.1, -0.05) is 30.3 Å². The number of hydrogen-bond donors (Lipinski definition) is 1. The number of rotatable bonds is 3. The van der Waals surface area contributed by atoms with Gasteiger partial charge in [0.15, 0.2) is 10.7 Å². The lowest BCUT2D eigenvalue weighted by Crippen LogP contribution is -2.02. The highest BCUT2D eigenvalue weighted by atomic mass is 32.1. The van der Waals surface area contributed by atoms with Gasteiger partial charge in [0, 0.05) is 17.5 Å². The standard InChI is InChI=1S/C14H12N2O2S/c1-9-12(13(17)18)16-8-11(19-14(16)15-9)7-10-5-3-2-4-6-10/h2-6,8H,7H2,1H3,(H,17,18). The normalized spacial score (nSPS) is 11.0. The number of benzene rings is 1. The number of fused-ring (bicyclic) bond motifs is 1. The second kappa shape index (κ2) is 4.51. The maximum Gasteiger partial charge on any atom is 0.354 e. The molecule has 2 heterocycles. The zero-order valence-corrected chi connectivity index (χ0v) is 11.1. The summed E-state index contributed by atoms with van der Waals surface area (Å²) in [4.78, 5) is 17.3. The molecule has 0 saturated heterocycles. The van der Waals surface area contributed by atoms with Crippen LogP contribution in [0.4, 0.5) is 0 Å². The molecule has 0 aliphatic rings. The van der Waals surface area contributed by atoms with Gasteiger partial charge in [0.1, 0.15) is 0 Å². The molecule has 0 radical (unpaired) electrons. The van der Waals surface area contributed by atoms with Crippen molar-refractivity contribution in [1.29, 1.82) is 0 Å². The molecule has 0 fully saturated rings. The Morgan fingerprint density at radius 2 is 2.11 bits per heavy atom. The summed E-state index contributed by atoms with van der Waals surface area (Å²) in [7, 11) is 0. The van der Waals surface area contributed by atoms with E-state index in [0.717, 1.165) is 16.3 Å². The lowest BCUT2D eigenvalue weighted by atomic mass is 10.1. The Morgan fingerprint density at radius 1 is 1.37 bits per heavy atom. The van der Waals surface area contributed by atoms with E-state index in [1.807, 2.05) is 24.4 Å². The highest BCUT2D eigenvalue weighted by Gasteiger charge is 2.17. The van der Waals surface area contributed by atoms with Crippen LogP contribution in [0, 0.1) is 6.92 Å². The molecule has 0 aliphatic carbocycles. The SMILES string of the molecule is Cc1nc2sc(Cc3ccccc3)cn2c1C(=O)O. The first-order valence-corrected chi connectivity index (χ1v) is 6.71. The van der Waals surface area contributed by atoms with E-state index in [9.17, 15) is 9.90 Å². The van der Waals surface area contributed by atoms with Crippen molar-refractivity contribution in [3.8, 4) is 0 Å². The van der Waals surface area contributed by atoms with Crippen LogP contribution in [0.5, 0.6) is 0 Å². The van der Waals surface area contributed by atoms with Crippen LogP contribution in [-0.2, 0) is 6.42 Å². The summed E-state index contributed by atoms with van der Waals surface area (Å²) >= 11 is 1.53. The smallest absolute Gasteiger partial charge is 0.354 e. The van der Waals surface area contributed by atoms with Crippen molar-refractivity contribution in [3.63, 3.8) is 0 Å². The van der Waals surface area contributed by atoms with Gasteiger partial charge in [-0.05, 0) is 12.5 Å². The highest BCUT2D eigenvalue weighted by molar-refractivity contribution is 7.17. The Bertz CT molecular complexity index is 743. The Morgan fingerprint density at radius 3 is 2.79 bits per heavy atom. The molecule has 4 nitrogen and oxygen atoms in total. The first-order chi connectivity index (χ1) is 9.15. The zero-order valence-electron chi connectivity index (χ0n) is 10.3. The van der Waals surface area contributed by atoms with Crippen LogP contribution < -0.4 is 0 Å². The molecule has 0 saturated carbocycles. The van der Waals surface area contributed by atoms with Crippen LogP contribution in [0.15, 0.2) is 36.5 Å². The van der Waals surface area contributed by atoms with Crippen LogP contribution in [0.2, 0.25) is 0 Å². The number of carbonyl (C=O) groups is 1. The van der Waals surface area contributed by atoms with Gasteiger partial charge in [0.05, 0.1) is 5.69 Å². The Hall–Kier alpha value is -2.14. The van der Waals surface area contributed by atoms with Gasteiger partial charge in [-0.15, -0.1) is 11.3 Å². The number of aryl methyl sites for hydroxylation is 1. The van der Waals surface area contributed by atoms with Crippen LogP contribution >= 0.6 is 11.3 Å². The Kier molecular flexibility index (Phi) is 2.83. The number of carboxylic acid groups (broad SMARTS) is 1. The average Bonchev–Trinajstić information content (AvgIpc) is 2.85. The third-order valence-corrected chi connectivity index (χ3v) is 3.95. The molecular formula is C14H12N2O2S. The van der Waals surface area contributed by atoms with E-state index in [0.29, 0.717) is 5.69 Å². The van der Waals surface area contributed by atoms with E-state index in [4.69, 9.17) is 0 Å². The number of carboxylic acids is 1. The maximum atomic E-state index is 11.2. The molecule has 0 unspecified atom stereocenters. The van der Waals surface area contributed by atoms with E-state index in [2.05, 4.69) is 17.1 Å². The largest absolute Gasteiger partial charge is 0.477 e. The van der Waals surface area contributed by atoms with Crippen molar-refractivity contribution >= 4 is 22.3 Å². The molecule has 19 heavy (non-hydrogen) atoms. The lowest BCUT2D eigenvalue weighted by molar-refractivity contribution is 0.0688. The third-order valence-electron chi connectivity index (χ3n) is 2.97. The van der Waals surface area contributed by atoms with Crippen LogP contribution in [0.3, 0.4) is 0 Å². The average molecular weight is 272 g/mol. The van der Waals surface area contributed by atoms with Crippen molar-refractivity contribution in [2.45, 2.75) is 13.3 Å². The Balaban J connectivity index is 2.01. The molecule has 3 aromatic rings. The number of thiazole rings is 1. The molecule has 0 atom stereocenters. The minimum absolute atomic E-state index is 0.255. The van der Waals surface area contributed by atoms with Gasteiger partial charge in [-0.3, -0.25) is 4.40 Å². The van der Waals surface area contributed by atoms with Gasteiger partial charge < -0.3 is 5.11 Å². The summed E-state index contributed by atoms with van der Waals surface area (Å²) in [6.45, 7) is 1.72. The van der Waals surface area contributed by atoms with Crippen molar-refractivity contribution < 1.29 is 9.90 Å². The molecule has 3 rings (SSSR count). The van der Waals surface area contributed by atoms with E-state index in [-0.39, 0.29) is 5.69 Å². The van der Waals surface area contributed by atoms with Crippen molar-refractivity contribution in [2.24, 2.45) is 0 Å². The molecule has 96 valence electrons. The molecular weight excluding hydrogens is 260 g/mol. The van der Waals surface area contributed by atoms with Gasteiger partial charge in [0.2, 0.25) is 0 Å². The monoisotopic (exact) mass is 272 g/mol. The van der Waals surface area contributed by atoms with Crippen molar-refractivity contribution in [1.82, 2.24) is 9.38 Å². The summed E-state index contributed by atoms with van der Waals surface area (Å²) in [5, 5.41) is 9.20. The summed E-state index contributed by atoms with van der Waals surface area (Å²) < 4.78 is 1.67. The number of hydrogen-bond acceptors (Lipinski definition) is 3. The highest BCUT2D eigenvalue weighted by Crippen LogP contribution is 2.23. The predicted molar refractivity (Wildman–Crippen MR) is 74.0 cm³/mol. The van der Waals surface area contributed by atoms with E-state index < -0.39 is 5.97 Å². The number of aromatic carboxylic acids is 1. The molecule has 0 amide bonds. The fourth-order valence-corrected chi connectivity index (χ4v) is 3.19. The molecule has 5 heteroatoms.